The maximum Gasteiger partial charge on any atom is 0.303 e. The second-order valence-corrected chi connectivity index (χ2v) is 4.59. The lowest BCUT2D eigenvalue weighted by Crippen LogP contribution is -2.44. The van der Waals surface area contributed by atoms with Gasteiger partial charge in [0.15, 0.2) is 0 Å². The van der Waals surface area contributed by atoms with Crippen molar-refractivity contribution in [1.82, 2.24) is 10.2 Å². The molecule has 1 heterocycles. The van der Waals surface area contributed by atoms with E-state index < -0.39 is 5.97 Å². The molecule has 1 aliphatic rings. The Morgan fingerprint density at radius 1 is 1.50 bits per heavy atom. The number of hydrogen-bond donors (Lipinski definition) is 2. The average Bonchev–Trinajstić information content (AvgIpc) is 2.37. The highest BCUT2D eigenvalue weighted by molar-refractivity contribution is 5.78. The lowest BCUT2D eigenvalue weighted by Gasteiger charge is -2.32. The van der Waals surface area contributed by atoms with Gasteiger partial charge in [0.05, 0.1) is 13.1 Å². The summed E-state index contributed by atoms with van der Waals surface area (Å²) < 4.78 is 0. The Morgan fingerprint density at radius 3 is 2.94 bits per heavy atom. The van der Waals surface area contributed by atoms with E-state index in [9.17, 15) is 9.59 Å². The van der Waals surface area contributed by atoms with E-state index in [0.717, 1.165) is 19.4 Å². The number of terminal acetylenes is 1. The Labute approximate surface area is 108 Å². The molecule has 1 unspecified atom stereocenters. The van der Waals surface area contributed by atoms with E-state index in [4.69, 9.17) is 11.5 Å². The van der Waals surface area contributed by atoms with Crippen molar-refractivity contribution in [2.45, 2.75) is 25.7 Å². The van der Waals surface area contributed by atoms with Gasteiger partial charge in [-0.15, -0.1) is 6.42 Å². The molecule has 1 aliphatic heterocycles. The molecule has 5 nitrogen and oxygen atoms in total. The van der Waals surface area contributed by atoms with E-state index in [2.05, 4.69) is 11.2 Å². The third-order valence-corrected chi connectivity index (χ3v) is 3.14. The third-order valence-electron chi connectivity index (χ3n) is 3.14. The maximum atomic E-state index is 11.8. The topological polar surface area (TPSA) is 69.6 Å². The molecule has 0 aromatic carbocycles. The minimum atomic E-state index is -0.769. The van der Waals surface area contributed by atoms with E-state index in [-0.39, 0.29) is 18.9 Å². The summed E-state index contributed by atoms with van der Waals surface area (Å²) in [6, 6.07) is 0. The first-order valence-electron chi connectivity index (χ1n) is 6.27. The summed E-state index contributed by atoms with van der Waals surface area (Å²) in [7, 11) is 0. The summed E-state index contributed by atoms with van der Waals surface area (Å²) in [4.78, 5) is 24.2. The van der Waals surface area contributed by atoms with Gasteiger partial charge < -0.3 is 10.0 Å². The van der Waals surface area contributed by atoms with E-state index in [1.807, 2.05) is 0 Å². The summed E-state index contributed by atoms with van der Waals surface area (Å²) in [6.07, 6.45) is 7.88. The first-order chi connectivity index (χ1) is 8.63. The molecule has 18 heavy (non-hydrogen) atoms. The van der Waals surface area contributed by atoms with Crippen LogP contribution >= 0.6 is 0 Å². The first kappa shape index (κ1) is 14.5. The van der Waals surface area contributed by atoms with Crippen LogP contribution in [0.25, 0.3) is 0 Å². The van der Waals surface area contributed by atoms with Crippen molar-refractivity contribution in [3.8, 4) is 12.3 Å². The monoisotopic (exact) mass is 252 g/mol. The molecule has 1 rings (SSSR count). The van der Waals surface area contributed by atoms with Crippen molar-refractivity contribution in [3.63, 3.8) is 0 Å². The van der Waals surface area contributed by atoms with Crippen LogP contribution in [0.2, 0.25) is 0 Å². The van der Waals surface area contributed by atoms with E-state index in [1.165, 1.54) is 0 Å². The molecule has 0 radical (unpaired) electrons. The molecule has 0 bridgehead atoms. The average molecular weight is 252 g/mol. The maximum absolute atomic E-state index is 11.8. The Morgan fingerprint density at radius 2 is 2.28 bits per heavy atom. The van der Waals surface area contributed by atoms with Crippen LogP contribution in [0.1, 0.15) is 25.7 Å². The Kier molecular flexibility index (Phi) is 6.23. The molecule has 0 aromatic heterocycles. The number of nitrogens with one attached hydrogen (secondary N) is 1. The van der Waals surface area contributed by atoms with Gasteiger partial charge in [0.25, 0.3) is 0 Å². The number of aliphatic carboxylic acids is 1. The highest BCUT2D eigenvalue weighted by Crippen LogP contribution is 2.20. The lowest BCUT2D eigenvalue weighted by atomic mass is 9.93. The second kappa shape index (κ2) is 7.72. The molecule has 1 fully saturated rings. The number of likely N-dealkylation sites (tertiary alicyclic amines) is 1. The minimum Gasteiger partial charge on any atom is -0.481 e. The highest BCUT2D eigenvalue weighted by atomic mass is 16.4. The Hall–Kier alpha value is -1.54. The number of carbonyl (C=O) groups excluding carboxylic acids is 1. The van der Waals surface area contributed by atoms with Gasteiger partial charge in [0, 0.05) is 19.5 Å². The van der Waals surface area contributed by atoms with Gasteiger partial charge in [-0.05, 0) is 25.2 Å². The second-order valence-electron chi connectivity index (χ2n) is 4.59. The van der Waals surface area contributed by atoms with E-state index in [0.29, 0.717) is 25.4 Å². The molecule has 0 spiro atoms. The molecule has 1 amide bonds. The largest absolute Gasteiger partial charge is 0.481 e. The molecule has 2 N–H and O–H groups in total. The minimum absolute atomic E-state index is 0.0466. The smallest absolute Gasteiger partial charge is 0.303 e. The van der Waals surface area contributed by atoms with Crippen molar-refractivity contribution in [2.75, 3.05) is 26.2 Å². The van der Waals surface area contributed by atoms with Crippen LogP contribution in [-0.4, -0.2) is 48.1 Å². The lowest BCUT2D eigenvalue weighted by molar-refractivity contribution is -0.137. The predicted molar refractivity (Wildman–Crippen MR) is 67.9 cm³/mol. The number of carboxylic acids is 1. The van der Waals surface area contributed by atoms with E-state index >= 15 is 0 Å². The van der Waals surface area contributed by atoms with Gasteiger partial charge in [0.2, 0.25) is 5.91 Å². The quantitative estimate of drug-likeness (QED) is 0.527. The summed E-state index contributed by atoms with van der Waals surface area (Å²) in [5.74, 6) is 2.01. The molecule has 1 saturated heterocycles. The van der Waals surface area contributed by atoms with Gasteiger partial charge >= 0.3 is 5.97 Å². The standard InChI is InChI=1S/C13H20N2O3/c1-2-7-14-9-12(16)15-8-3-4-11(10-15)5-6-13(17)18/h1,11,14H,3-10H2,(H,17,18). The van der Waals surface area contributed by atoms with Crippen LogP contribution in [0.3, 0.4) is 0 Å². The highest BCUT2D eigenvalue weighted by Gasteiger charge is 2.23. The summed E-state index contributed by atoms with van der Waals surface area (Å²) in [6.45, 7) is 2.09. The van der Waals surface area contributed by atoms with Crippen molar-refractivity contribution < 1.29 is 14.7 Å². The van der Waals surface area contributed by atoms with Gasteiger partial charge in [-0.1, -0.05) is 5.92 Å². The van der Waals surface area contributed by atoms with Crippen LogP contribution in [0.15, 0.2) is 0 Å². The molecule has 0 aliphatic carbocycles. The fourth-order valence-electron chi connectivity index (χ4n) is 2.21. The van der Waals surface area contributed by atoms with E-state index in [1.54, 1.807) is 4.90 Å². The molecular weight excluding hydrogens is 232 g/mol. The van der Waals surface area contributed by atoms with Crippen molar-refractivity contribution in [2.24, 2.45) is 5.92 Å². The van der Waals surface area contributed by atoms with Crippen molar-refractivity contribution in [1.29, 1.82) is 0 Å². The van der Waals surface area contributed by atoms with Crippen LogP contribution in [0, 0.1) is 18.3 Å². The summed E-state index contributed by atoms with van der Waals surface area (Å²) in [5, 5.41) is 11.5. The molecule has 1 atom stereocenters. The Balaban J connectivity index is 2.31. The van der Waals surface area contributed by atoms with Crippen molar-refractivity contribution >= 4 is 11.9 Å². The summed E-state index contributed by atoms with van der Waals surface area (Å²) in [5.41, 5.74) is 0. The van der Waals surface area contributed by atoms with Crippen molar-refractivity contribution in [3.05, 3.63) is 0 Å². The molecular formula is C13H20N2O3. The zero-order chi connectivity index (χ0) is 13.4. The fourth-order valence-corrected chi connectivity index (χ4v) is 2.21. The van der Waals surface area contributed by atoms with Gasteiger partial charge in [-0.3, -0.25) is 14.9 Å². The SMILES string of the molecule is C#CCNCC(=O)N1CCCC(CCC(=O)O)C1. The van der Waals surface area contributed by atoms with Crippen LogP contribution in [-0.2, 0) is 9.59 Å². The Bertz CT molecular complexity index is 336. The number of piperidine rings is 1. The predicted octanol–water partition coefficient (Wildman–Crippen LogP) is 0.313. The molecule has 100 valence electrons. The zero-order valence-electron chi connectivity index (χ0n) is 10.5. The van der Waals surface area contributed by atoms with Gasteiger partial charge in [0.1, 0.15) is 0 Å². The van der Waals surface area contributed by atoms with Gasteiger partial charge in [-0.2, -0.15) is 0 Å². The first-order valence-corrected chi connectivity index (χ1v) is 6.27. The normalized spacial score (nSPS) is 19.3. The molecule has 5 heteroatoms. The van der Waals surface area contributed by atoms with Crippen LogP contribution in [0.5, 0.6) is 0 Å². The molecule has 0 saturated carbocycles. The number of amides is 1. The zero-order valence-corrected chi connectivity index (χ0v) is 10.5. The van der Waals surface area contributed by atoms with Gasteiger partial charge in [-0.25, -0.2) is 0 Å². The number of hydrogen-bond acceptors (Lipinski definition) is 3. The third kappa shape index (κ3) is 5.19. The van der Waals surface area contributed by atoms with Crippen LogP contribution < -0.4 is 5.32 Å². The number of rotatable bonds is 6. The molecule has 0 aromatic rings. The summed E-state index contributed by atoms with van der Waals surface area (Å²) >= 11 is 0. The fraction of sp³-hybridized carbons (Fsp3) is 0.692. The number of nitrogens with zero attached hydrogens (tertiary/aromatic N) is 1. The number of carbonyl (C=O) groups is 2. The van der Waals surface area contributed by atoms with Crippen LogP contribution in [0.4, 0.5) is 0 Å². The number of carboxylic acid groups (broad SMARTS) is 1.